The van der Waals surface area contributed by atoms with Crippen LogP contribution >= 0.6 is 0 Å². The average Bonchev–Trinajstić information content (AvgIpc) is 2.54. The second-order valence-corrected chi connectivity index (χ2v) is 4.90. The molecule has 0 unspecified atom stereocenters. The van der Waals surface area contributed by atoms with E-state index in [1.54, 1.807) is 12.3 Å². The summed E-state index contributed by atoms with van der Waals surface area (Å²) >= 11 is 0. The van der Waals surface area contributed by atoms with Gasteiger partial charge in [-0.15, -0.1) is 0 Å². The molecule has 0 radical (unpaired) electrons. The van der Waals surface area contributed by atoms with Crippen molar-refractivity contribution in [3.63, 3.8) is 0 Å². The molecule has 3 heteroatoms. The first-order valence-corrected chi connectivity index (χ1v) is 7.66. The third-order valence-electron chi connectivity index (χ3n) is 3.25. The van der Waals surface area contributed by atoms with Gasteiger partial charge < -0.3 is 10.5 Å². The van der Waals surface area contributed by atoms with Gasteiger partial charge in [0.15, 0.2) is 0 Å². The number of hydrogen-bond acceptors (Lipinski definition) is 3. The van der Waals surface area contributed by atoms with Gasteiger partial charge in [0.2, 0.25) is 0 Å². The van der Waals surface area contributed by atoms with Gasteiger partial charge in [-0.2, -0.15) is 0 Å². The molecule has 1 rings (SSSR count). The summed E-state index contributed by atoms with van der Waals surface area (Å²) in [4.78, 5) is 4.31. The van der Waals surface area contributed by atoms with Crippen molar-refractivity contribution in [1.82, 2.24) is 4.98 Å². The van der Waals surface area contributed by atoms with Crippen molar-refractivity contribution in [2.24, 2.45) is 0 Å². The fourth-order valence-corrected chi connectivity index (χ4v) is 1.96. The number of nitrogens with zero attached hydrogens (tertiary/aromatic N) is 1. The Hall–Kier alpha value is -2.13. The molecule has 1 aromatic rings. The molecule has 22 heavy (non-hydrogen) atoms. The second kappa shape index (κ2) is 10.6. The first-order chi connectivity index (χ1) is 10.7. The number of nitrogens with two attached hydrogens (primary N) is 1. The monoisotopic (exact) mass is 298 g/mol. The minimum atomic E-state index is 0.656. The van der Waals surface area contributed by atoms with E-state index in [9.17, 15) is 0 Å². The molecular weight excluding hydrogens is 272 g/mol. The maximum atomic E-state index is 5.66. The minimum absolute atomic E-state index is 0.656. The molecule has 0 saturated carbocycles. The van der Waals surface area contributed by atoms with Gasteiger partial charge in [0, 0.05) is 13.2 Å². The van der Waals surface area contributed by atoms with Gasteiger partial charge in [0.1, 0.15) is 0 Å². The zero-order valence-electron chi connectivity index (χ0n) is 13.4. The maximum absolute atomic E-state index is 5.66. The van der Waals surface area contributed by atoms with E-state index in [4.69, 9.17) is 10.5 Å². The van der Waals surface area contributed by atoms with Gasteiger partial charge in [-0.1, -0.05) is 37.5 Å². The fourth-order valence-electron chi connectivity index (χ4n) is 1.96. The Balaban J connectivity index is 2.67. The van der Waals surface area contributed by atoms with Gasteiger partial charge in [0.05, 0.1) is 17.6 Å². The molecule has 1 aromatic heterocycles. The number of ether oxygens (including phenoxy) is 1. The molecule has 0 aliphatic carbocycles. The Kier molecular flexibility index (Phi) is 8.61. The summed E-state index contributed by atoms with van der Waals surface area (Å²) in [5.41, 5.74) is 9.34. The molecule has 0 fully saturated rings. The second-order valence-electron chi connectivity index (χ2n) is 4.90. The first kappa shape index (κ1) is 17.9. The highest BCUT2D eigenvalue weighted by molar-refractivity contribution is 5.73. The number of aromatic nitrogens is 1. The number of unbranched alkanes of at least 4 members (excludes halogenated alkanes) is 1. The molecule has 3 nitrogen and oxygen atoms in total. The molecule has 0 aromatic carbocycles. The normalized spacial score (nSPS) is 12.2. The van der Waals surface area contributed by atoms with Crippen molar-refractivity contribution in [3.05, 3.63) is 67.1 Å². The molecule has 0 bridgehead atoms. The van der Waals surface area contributed by atoms with Gasteiger partial charge in [-0.3, -0.25) is 4.98 Å². The van der Waals surface area contributed by atoms with Gasteiger partial charge in [-0.25, -0.2) is 0 Å². The van der Waals surface area contributed by atoms with Crippen molar-refractivity contribution in [3.8, 4) is 0 Å². The van der Waals surface area contributed by atoms with Crippen molar-refractivity contribution >= 4 is 11.3 Å². The molecular formula is C19H26N2O. The maximum Gasteiger partial charge on any atom is 0.0703 e. The average molecular weight is 298 g/mol. The third kappa shape index (κ3) is 6.55. The number of allylic oxidation sites excluding steroid dienone is 6. The Labute approximate surface area is 133 Å². The summed E-state index contributed by atoms with van der Waals surface area (Å²) in [5.74, 6) is 0. The van der Waals surface area contributed by atoms with Crippen molar-refractivity contribution < 1.29 is 4.74 Å². The molecule has 0 saturated heterocycles. The standard InChI is InChI=1S/C19H26N2O/c1-4-16(9-7-8-14-22-6-3)10-11-17(5-2)19-13-12-18(20)15-21-19/h4-5,10-13,15H,1-2,6-9,14,20H2,3H3/b16-10+,17-11+. The van der Waals surface area contributed by atoms with Crippen molar-refractivity contribution in [1.29, 1.82) is 0 Å². The molecule has 0 aliphatic rings. The smallest absolute Gasteiger partial charge is 0.0703 e. The molecule has 118 valence electrons. The van der Waals surface area contributed by atoms with E-state index in [0.717, 1.165) is 43.7 Å². The predicted octanol–water partition coefficient (Wildman–Crippen LogP) is 4.55. The van der Waals surface area contributed by atoms with Crippen LogP contribution in [0, 0.1) is 0 Å². The fraction of sp³-hybridized carbons (Fsp3) is 0.316. The number of rotatable bonds is 10. The third-order valence-corrected chi connectivity index (χ3v) is 3.25. The Morgan fingerprint density at radius 3 is 2.64 bits per heavy atom. The van der Waals surface area contributed by atoms with Gasteiger partial charge in [-0.05, 0) is 49.5 Å². The van der Waals surface area contributed by atoms with Crippen LogP contribution < -0.4 is 5.73 Å². The van der Waals surface area contributed by atoms with Crippen LogP contribution in [0.25, 0.3) is 5.57 Å². The number of pyridine rings is 1. The lowest BCUT2D eigenvalue weighted by Crippen LogP contribution is -1.93. The summed E-state index contributed by atoms with van der Waals surface area (Å²) in [5, 5.41) is 0. The van der Waals surface area contributed by atoms with Crippen LogP contribution in [0.4, 0.5) is 5.69 Å². The predicted molar refractivity (Wildman–Crippen MR) is 95.4 cm³/mol. The van der Waals surface area contributed by atoms with E-state index < -0.39 is 0 Å². The summed E-state index contributed by atoms with van der Waals surface area (Å²) < 4.78 is 5.34. The highest BCUT2D eigenvalue weighted by atomic mass is 16.5. The number of nitrogen functional groups attached to an aromatic ring is 1. The van der Waals surface area contributed by atoms with E-state index in [1.165, 1.54) is 5.57 Å². The highest BCUT2D eigenvalue weighted by Gasteiger charge is 1.98. The number of anilines is 1. The summed E-state index contributed by atoms with van der Waals surface area (Å²) in [6.45, 7) is 11.3. The van der Waals surface area contributed by atoms with E-state index in [1.807, 2.05) is 31.2 Å². The van der Waals surface area contributed by atoms with Crippen LogP contribution in [0.5, 0.6) is 0 Å². The first-order valence-electron chi connectivity index (χ1n) is 7.66. The van der Waals surface area contributed by atoms with Crippen LogP contribution in [-0.2, 0) is 4.74 Å². The van der Waals surface area contributed by atoms with Crippen LogP contribution in [0.1, 0.15) is 31.9 Å². The molecule has 0 atom stereocenters. The van der Waals surface area contributed by atoms with E-state index >= 15 is 0 Å². The molecule has 2 N–H and O–H groups in total. The van der Waals surface area contributed by atoms with Crippen molar-refractivity contribution in [2.75, 3.05) is 18.9 Å². The molecule has 0 amide bonds. The van der Waals surface area contributed by atoms with Gasteiger partial charge >= 0.3 is 0 Å². The number of hydrogen-bond donors (Lipinski definition) is 1. The largest absolute Gasteiger partial charge is 0.397 e. The Morgan fingerprint density at radius 2 is 2.05 bits per heavy atom. The van der Waals surface area contributed by atoms with E-state index in [0.29, 0.717) is 5.69 Å². The van der Waals surface area contributed by atoms with Crippen molar-refractivity contribution in [2.45, 2.75) is 26.2 Å². The lowest BCUT2D eigenvalue weighted by Gasteiger charge is -2.04. The molecule has 0 aliphatic heterocycles. The van der Waals surface area contributed by atoms with E-state index in [2.05, 4.69) is 24.2 Å². The van der Waals surface area contributed by atoms with Crippen LogP contribution in [0.2, 0.25) is 0 Å². The van der Waals surface area contributed by atoms with Crippen LogP contribution in [-0.4, -0.2) is 18.2 Å². The lowest BCUT2D eigenvalue weighted by molar-refractivity contribution is 0.143. The zero-order chi connectivity index (χ0) is 16.2. The molecule has 1 heterocycles. The SMILES string of the molecule is C=C/C(=C\C=C(/C=C)c1ccc(N)cn1)CCCCOCC. The highest BCUT2D eigenvalue weighted by Crippen LogP contribution is 2.16. The Morgan fingerprint density at radius 1 is 1.23 bits per heavy atom. The van der Waals surface area contributed by atoms with Crippen LogP contribution in [0.15, 0.2) is 61.4 Å². The van der Waals surface area contributed by atoms with E-state index in [-0.39, 0.29) is 0 Å². The van der Waals surface area contributed by atoms with Gasteiger partial charge in [0.25, 0.3) is 0 Å². The zero-order valence-corrected chi connectivity index (χ0v) is 13.4. The lowest BCUT2D eigenvalue weighted by atomic mass is 10.1. The summed E-state index contributed by atoms with van der Waals surface area (Å²) in [7, 11) is 0. The van der Waals surface area contributed by atoms with Crippen LogP contribution in [0.3, 0.4) is 0 Å². The topological polar surface area (TPSA) is 48.1 Å². The molecule has 0 spiro atoms. The summed E-state index contributed by atoms with van der Waals surface area (Å²) in [6, 6.07) is 3.73. The quantitative estimate of drug-likeness (QED) is 0.509. The minimum Gasteiger partial charge on any atom is -0.397 e. The Bertz CT molecular complexity index is 527. The summed E-state index contributed by atoms with van der Waals surface area (Å²) in [6.07, 6.45) is 12.6.